The summed E-state index contributed by atoms with van der Waals surface area (Å²) in [5, 5.41) is 0. The van der Waals surface area contributed by atoms with Crippen molar-refractivity contribution in [3.05, 3.63) is 29.8 Å². The molecule has 0 spiro atoms. The number of hydrogen-bond donors (Lipinski definition) is 1. The Morgan fingerprint density at radius 3 is 2.55 bits per heavy atom. The summed E-state index contributed by atoms with van der Waals surface area (Å²) < 4.78 is 5.61. The number of likely N-dealkylation sites (tertiary alicyclic amines) is 1. The highest BCUT2D eigenvalue weighted by Crippen LogP contribution is 2.19. The average Bonchev–Trinajstić information content (AvgIpc) is 2.98. The van der Waals surface area contributed by atoms with Crippen LogP contribution in [-0.2, 0) is 9.59 Å². The second kappa shape index (κ2) is 7.29. The molecular weight excluding hydrogens is 280 g/mol. The fraction of sp³-hybridized carbons (Fsp3) is 0.529. The van der Waals surface area contributed by atoms with E-state index in [-0.39, 0.29) is 17.7 Å². The summed E-state index contributed by atoms with van der Waals surface area (Å²) in [6.07, 6.45) is 0.982. The largest absolute Gasteiger partial charge is 0.493 e. The number of ether oxygens (including phenoxy) is 1. The lowest BCUT2D eigenvalue weighted by atomic mass is 10.0. The van der Waals surface area contributed by atoms with Crippen LogP contribution in [0.4, 0.5) is 0 Å². The van der Waals surface area contributed by atoms with E-state index in [2.05, 4.69) is 13.8 Å². The molecule has 1 fully saturated rings. The van der Waals surface area contributed by atoms with E-state index in [4.69, 9.17) is 10.5 Å². The third-order valence-electron chi connectivity index (χ3n) is 4.07. The lowest BCUT2D eigenvalue weighted by Gasteiger charge is -2.16. The van der Waals surface area contributed by atoms with Crippen LogP contribution in [0.5, 0.6) is 5.75 Å². The van der Waals surface area contributed by atoms with Gasteiger partial charge in [0.1, 0.15) is 5.75 Å². The standard InChI is InChI=1S/C17H24N2O3/c1-12(2)13-3-5-15(6-4-13)22-10-8-16(20)19-9-7-14(11-19)17(18)21/h3-6,12,14H,7-11H2,1-2H3,(H2,18,21)/t14-/m0/s1. The van der Waals surface area contributed by atoms with Gasteiger partial charge in [0, 0.05) is 13.1 Å². The monoisotopic (exact) mass is 304 g/mol. The van der Waals surface area contributed by atoms with Gasteiger partial charge in [-0.15, -0.1) is 0 Å². The van der Waals surface area contributed by atoms with E-state index in [1.54, 1.807) is 4.90 Å². The highest BCUT2D eigenvalue weighted by molar-refractivity contribution is 5.81. The third-order valence-corrected chi connectivity index (χ3v) is 4.07. The molecule has 0 unspecified atom stereocenters. The van der Waals surface area contributed by atoms with Crippen molar-refractivity contribution in [3.63, 3.8) is 0 Å². The van der Waals surface area contributed by atoms with Crippen LogP contribution in [0.1, 0.15) is 38.2 Å². The van der Waals surface area contributed by atoms with Crippen LogP contribution in [0.2, 0.25) is 0 Å². The van der Waals surface area contributed by atoms with E-state index in [0.29, 0.717) is 38.5 Å². The third kappa shape index (κ3) is 4.23. The lowest BCUT2D eigenvalue weighted by molar-refractivity contribution is -0.131. The number of benzene rings is 1. The van der Waals surface area contributed by atoms with Crippen molar-refractivity contribution in [1.29, 1.82) is 0 Å². The number of carbonyl (C=O) groups excluding carboxylic acids is 2. The van der Waals surface area contributed by atoms with Crippen LogP contribution in [-0.4, -0.2) is 36.4 Å². The van der Waals surface area contributed by atoms with Crippen LogP contribution in [0.15, 0.2) is 24.3 Å². The topological polar surface area (TPSA) is 72.6 Å². The Morgan fingerprint density at radius 1 is 1.32 bits per heavy atom. The number of hydrogen-bond acceptors (Lipinski definition) is 3. The molecule has 1 heterocycles. The second-order valence-electron chi connectivity index (χ2n) is 6.05. The quantitative estimate of drug-likeness (QED) is 0.872. The maximum absolute atomic E-state index is 12.0. The summed E-state index contributed by atoms with van der Waals surface area (Å²) in [7, 11) is 0. The van der Waals surface area contributed by atoms with Crippen molar-refractivity contribution >= 4 is 11.8 Å². The molecule has 5 heteroatoms. The van der Waals surface area contributed by atoms with Crippen LogP contribution in [0.25, 0.3) is 0 Å². The van der Waals surface area contributed by atoms with Crippen LogP contribution in [0.3, 0.4) is 0 Å². The SMILES string of the molecule is CC(C)c1ccc(OCCC(=O)N2CC[C@H](C(N)=O)C2)cc1. The molecule has 1 aromatic rings. The van der Waals surface area contributed by atoms with Crippen LogP contribution in [0, 0.1) is 5.92 Å². The van der Waals surface area contributed by atoms with E-state index < -0.39 is 0 Å². The summed E-state index contributed by atoms with van der Waals surface area (Å²) in [4.78, 5) is 24.8. The Kier molecular flexibility index (Phi) is 5.41. The van der Waals surface area contributed by atoms with E-state index in [0.717, 1.165) is 5.75 Å². The van der Waals surface area contributed by atoms with Gasteiger partial charge in [0.05, 0.1) is 18.9 Å². The first-order chi connectivity index (χ1) is 10.5. The molecule has 22 heavy (non-hydrogen) atoms. The number of nitrogens with two attached hydrogens (primary N) is 1. The Labute approximate surface area is 131 Å². The molecule has 120 valence electrons. The number of carbonyl (C=O) groups is 2. The van der Waals surface area contributed by atoms with E-state index in [1.165, 1.54) is 5.56 Å². The van der Waals surface area contributed by atoms with Crippen molar-refractivity contribution < 1.29 is 14.3 Å². The predicted molar refractivity (Wildman–Crippen MR) is 84.5 cm³/mol. The molecule has 2 N–H and O–H groups in total. The first-order valence-electron chi connectivity index (χ1n) is 7.77. The molecule has 0 aromatic heterocycles. The van der Waals surface area contributed by atoms with Gasteiger partial charge in [-0.3, -0.25) is 9.59 Å². The first-order valence-corrected chi connectivity index (χ1v) is 7.77. The first kappa shape index (κ1) is 16.3. The Balaban J connectivity index is 1.74. The molecule has 1 atom stereocenters. The van der Waals surface area contributed by atoms with E-state index >= 15 is 0 Å². The van der Waals surface area contributed by atoms with Crippen molar-refractivity contribution in [2.24, 2.45) is 11.7 Å². The molecule has 1 aliphatic heterocycles. The van der Waals surface area contributed by atoms with Gasteiger partial charge >= 0.3 is 0 Å². The maximum Gasteiger partial charge on any atom is 0.226 e. The highest BCUT2D eigenvalue weighted by atomic mass is 16.5. The zero-order valence-corrected chi connectivity index (χ0v) is 13.2. The van der Waals surface area contributed by atoms with Gasteiger partial charge in [-0.2, -0.15) is 0 Å². The number of nitrogens with zero attached hydrogens (tertiary/aromatic N) is 1. The highest BCUT2D eigenvalue weighted by Gasteiger charge is 2.29. The molecular formula is C17H24N2O3. The van der Waals surface area contributed by atoms with E-state index in [1.807, 2.05) is 24.3 Å². The summed E-state index contributed by atoms with van der Waals surface area (Å²) in [6.45, 7) is 5.68. The number of rotatable bonds is 6. The predicted octanol–water partition coefficient (Wildman–Crippen LogP) is 1.91. The molecule has 2 amide bonds. The van der Waals surface area contributed by atoms with Gasteiger partial charge in [-0.1, -0.05) is 26.0 Å². The average molecular weight is 304 g/mol. The number of primary amides is 1. The fourth-order valence-electron chi connectivity index (χ4n) is 2.58. The van der Waals surface area contributed by atoms with Crippen molar-refractivity contribution in [3.8, 4) is 5.75 Å². The Morgan fingerprint density at radius 2 is 2.00 bits per heavy atom. The van der Waals surface area contributed by atoms with Crippen molar-refractivity contribution in [2.45, 2.75) is 32.6 Å². The fourth-order valence-corrected chi connectivity index (χ4v) is 2.58. The minimum absolute atomic E-state index is 0.0163. The summed E-state index contributed by atoms with van der Waals surface area (Å²) in [6, 6.07) is 7.94. The molecule has 5 nitrogen and oxygen atoms in total. The van der Waals surface area contributed by atoms with Crippen molar-refractivity contribution in [2.75, 3.05) is 19.7 Å². The smallest absolute Gasteiger partial charge is 0.226 e. The molecule has 0 radical (unpaired) electrons. The summed E-state index contributed by atoms with van der Waals surface area (Å²) >= 11 is 0. The normalized spacial score (nSPS) is 17.8. The summed E-state index contributed by atoms with van der Waals surface area (Å²) in [5.41, 5.74) is 6.53. The van der Waals surface area contributed by atoms with Crippen molar-refractivity contribution in [1.82, 2.24) is 4.90 Å². The van der Waals surface area contributed by atoms with E-state index in [9.17, 15) is 9.59 Å². The Bertz CT molecular complexity index is 525. The molecule has 0 aliphatic carbocycles. The molecule has 0 saturated carbocycles. The van der Waals surface area contributed by atoms with Gasteiger partial charge in [-0.25, -0.2) is 0 Å². The maximum atomic E-state index is 12.0. The zero-order chi connectivity index (χ0) is 16.1. The minimum Gasteiger partial charge on any atom is -0.493 e. The van der Waals surface area contributed by atoms with Gasteiger partial charge < -0.3 is 15.4 Å². The molecule has 2 rings (SSSR count). The lowest BCUT2D eigenvalue weighted by Crippen LogP contribution is -2.32. The molecule has 0 bridgehead atoms. The molecule has 1 aliphatic rings. The zero-order valence-electron chi connectivity index (χ0n) is 13.2. The minimum atomic E-state index is -0.322. The van der Waals surface area contributed by atoms with Gasteiger partial charge in [0.2, 0.25) is 11.8 Å². The van der Waals surface area contributed by atoms with Gasteiger partial charge in [0.25, 0.3) is 0 Å². The molecule has 1 aromatic carbocycles. The number of amides is 2. The van der Waals surface area contributed by atoms with Gasteiger partial charge in [0.15, 0.2) is 0 Å². The summed E-state index contributed by atoms with van der Waals surface area (Å²) in [5.74, 6) is 0.755. The van der Waals surface area contributed by atoms with Crippen LogP contribution < -0.4 is 10.5 Å². The Hall–Kier alpha value is -2.04. The second-order valence-corrected chi connectivity index (χ2v) is 6.05. The molecule has 1 saturated heterocycles. The van der Waals surface area contributed by atoms with Crippen LogP contribution >= 0.6 is 0 Å². The van der Waals surface area contributed by atoms with Gasteiger partial charge in [-0.05, 0) is 30.0 Å².